The van der Waals surface area contributed by atoms with Gasteiger partial charge in [0, 0.05) is 19.5 Å². The van der Waals surface area contributed by atoms with Crippen LogP contribution in [0.15, 0.2) is 0 Å². The van der Waals surface area contributed by atoms with Gasteiger partial charge in [-0.15, -0.1) is 0 Å². The number of hydrogen-bond donors (Lipinski definition) is 1. The molecule has 0 aromatic carbocycles. The summed E-state index contributed by atoms with van der Waals surface area (Å²) in [5, 5.41) is 10.2. The smallest absolute Gasteiger partial charge is 0.185 e. The van der Waals surface area contributed by atoms with E-state index >= 15 is 0 Å². The van der Waals surface area contributed by atoms with Gasteiger partial charge in [0.25, 0.3) is 0 Å². The average Bonchev–Trinajstić information content (AvgIpc) is 2.46. The van der Waals surface area contributed by atoms with Crippen molar-refractivity contribution in [3.63, 3.8) is 0 Å². The minimum absolute atomic E-state index is 0.00280. The van der Waals surface area contributed by atoms with E-state index in [1.807, 2.05) is 19.0 Å². The Balaban J connectivity index is 3.16. The third-order valence-corrected chi connectivity index (χ3v) is 3.13. The highest BCUT2D eigenvalue weighted by atomic mass is 32.1. The summed E-state index contributed by atoms with van der Waals surface area (Å²) in [6, 6.07) is 0. The van der Waals surface area contributed by atoms with Crippen molar-refractivity contribution >= 4 is 16.5 Å². The van der Waals surface area contributed by atoms with Crippen LogP contribution in [-0.2, 0) is 12.0 Å². The first-order valence-corrected chi connectivity index (χ1v) is 5.46. The lowest BCUT2D eigenvalue weighted by atomic mass is 9.91. The fraction of sp³-hybridized carbons (Fsp3) is 0.700. The van der Waals surface area contributed by atoms with E-state index in [1.54, 1.807) is 11.3 Å². The topological polar surface area (TPSA) is 36.4 Å². The zero-order valence-corrected chi connectivity index (χ0v) is 10.3. The number of thiazole rings is 1. The van der Waals surface area contributed by atoms with E-state index in [1.165, 1.54) is 0 Å². The number of rotatable bonds is 2. The molecule has 0 aliphatic carbocycles. The van der Waals surface area contributed by atoms with Crippen LogP contribution in [0.5, 0.6) is 0 Å². The fourth-order valence-electron chi connectivity index (χ4n) is 1.22. The molecule has 0 fully saturated rings. The second-order valence-corrected chi connectivity index (χ2v) is 5.63. The van der Waals surface area contributed by atoms with Gasteiger partial charge in [0.2, 0.25) is 0 Å². The fourth-order valence-corrected chi connectivity index (χ4v) is 2.28. The predicted octanol–water partition coefficient (Wildman–Crippen LogP) is 2.00. The van der Waals surface area contributed by atoms with Crippen molar-refractivity contribution in [1.82, 2.24) is 4.98 Å². The Morgan fingerprint density at radius 2 is 1.93 bits per heavy atom. The molecule has 0 atom stereocenters. The van der Waals surface area contributed by atoms with Crippen LogP contribution >= 0.6 is 11.3 Å². The highest BCUT2D eigenvalue weighted by molar-refractivity contribution is 7.15. The van der Waals surface area contributed by atoms with E-state index < -0.39 is 0 Å². The number of aromatic nitrogens is 1. The summed E-state index contributed by atoms with van der Waals surface area (Å²) < 4.78 is 0. The maximum absolute atomic E-state index is 9.23. The Hall–Kier alpha value is -0.610. The van der Waals surface area contributed by atoms with Crippen molar-refractivity contribution in [1.29, 1.82) is 0 Å². The van der Waals surface area contributed by atoms with Gasteiger partial charge in [0.05, 0.1) is 17.2 Å². The van der Waals surface area contributed by atoms with Crippen LogP contribution in [0.4, 0.5) is 5.13 Å². The summed E-state index contributed by atoms with van der Waals surface area (Å²) >= 11 is 1.56. The summed E-state index contributed by atoms with van der Waals surface area (Å²) in [6.45, 7) is 6.42. The lowest BCUT2D eigenvalue weighted by Gasteiger charge is -2.16. The summed E-state index contributed by atoms with van der Waals surface area (Å²) in [5.74, 6) is 0. The molecule has 80 valence electrons. The Bertz CT molecular complexity index is 312. The van der Waals surface area contributed by atoms with Gasteiger partial charge in [0.1, 0.15) is 0 Å². The highest BCUT2D eigenvalue weighted by Gasteiger charge is 2.23. The summed E-state index contributed by atoms with van der Waals surface area (Å²) in [6.07, 6.45) is 0. The molecular formula is C10H18N2OS. The van der Waals surface area contributed by atoms with Crippen LogP contribution < -0.4 is 4.90 Å². The molecule has 1 N–H and O–H groups in total. The van der Waals surface area contributed by atoms with Crippen molar-refractivity contribution in [2.45, 2.75) is 32.8 Å². The van der Waals surface area contributed by atoms with Crippen LogP contribution in [0.1, 0.15) is 31.3 Å². The Morgan fingerprint density at radius 3 is 2.21 bits per heavy atom. The van der Waals surface area contributed by atoms with Crippen molar-refractivity contribution in [3.05, 3.63) is 10.6 Å². The number of aliphatic hydroxyl groups excluding tert-OH is 1. The number of hydrogen-bond acceptors (Lipinski definition) is 4. The van der Waals surface area contributed by atoms with Crippen molar-refractivity contribution in [2.24, 2.45) is 0 Å². The molecule has 0 radical (unpaired) electrons. The first-order chi connectivity index (χ1) is 6.36. The molecule has 0 amide bonds. The van der Waals surface area contributed by atoms with Crippen LogP contribution in [0, 0.1) is 0 Å². The SMILES string of the molecule is CN(C)c1nc(C(C)(C)C)c(CO)s1. The molecule has 1 aromatic rings. The Labute approximate surface area is 89.4 Å². The molecule has 0 aliphatic heterocycles. The third-order valence-electron chi connectivity index (χ3n) is 1.92. The molecule has 0 saturated carbocycles. The molecule has 1 aromatic heterocycles. The van der Waals surface area contributed by atoms with Crippen molar-refractivity contribution < 1.29 is 5.11 Å². The van der Waals surface area contributed by atoms with Crippen LogP contribution in [0.3, 0.4) is 0 Å². The van der Waals surface area contributed by atoms with Crippen LogP contribution in [0.25, 0.3) is 0 Å². The standard InChI is InChI=1S/C10H18N2OS/c1-10(2,3)8-7(6-13)14-9(11-8)12(4)5/h13H,6H2,1-5H3. The molecule has 0 saturated heterocycles. The van der Waals surface area contributed by atoms with Gasteiger partial charge < -0.3 is 10.0 Å². The summed E-state index contributed by atoms with van der Waals surface area (Å²) in [7, 11) is 3.93. The van der Waals surface area contributed by atoms with Gasteiger partial charge in [0.15, 0.2) is 5.13 Å². The van der Waals surface area contributed by atoms with E-state index in [0.29, 0.717) is 0 Å². The van der Waals surface area contributed by atoms with E-state index in [9.17, 15) is 5.11 Å². The molecule has 4 heteroatoms. The lowest BCUT2D eigenvalue weighted by Crippen LogP contribution is -2.15. The summed E-state index contributed by atoms with van der Waals surface area (Å²) in [5.41, 5.74) is 1.01. The maximum atomic E-state index is 9.23. The van der Waals surface area contributed by atoms with Gasteiger partial charge in [-0.2, -0.15) is 0 Å². The van der Waals surface area contributed by atoms with E-state index in [0.717, 1.165) is 15.7 Å². The van der Waals surface area contributed by atoms with Gasteiger partial charge in [-0.3, -0.25) is 0 Å². The molecule has 14 heavy (non-hydrogen) atoms. The molecule has 1 heterocycles. The predicted molar refractivity (Wildman–Crippen MR) is 61.1 cm³/mol. The molecule has 0 spiro atoms. The maximum Gasteiger partial charge on any atom is 0.185 e. The normalized spacial score (nSPS) is 11.9. The first-order valence-electron chi connectivity index (χ1n) is 4.64. The van der Waals surface area contributed by atoms with Gasteiger partial charge in [-0.25, -0.2) is 4.98 Å². The molecule has 0 bridgehead atoms. The lowest BCUT2D eigenvalue weighted by molar-refractivity contribution is 0.282. The largest absolute Gasteiger partial charge is 0.391 e. The number of anilines is 1. The van der Waals surface area contributed by atoms with Crippen molar-refractivity contribution in [3.8, 4) is 0 Å². The minimum atomic E-state index is 0.00280. The van der Waals surface area contributed by atoms with E-state index in [-0.39, 0.29) is 12.0 Å². The Kier molecular flexibility index (Phi) is 3.17. The van der Waals surface area contributed by atoms with Crippen LogP contribution in [0.2, 0.25) is 0 Å². The summed E-state index contributed by atoms with van der Waals surface area (Å²) in [4.78, 5) is 7.48. The van der Waals surface area contributed by atoms with Gasteiger partial charge in [-0.1, -0.05) is 32.1 Å². The van der Waals surface area contributed by atoms with Gasteiger partial charge in [-0.05, 0) is 0 Å². The molecular weight excluding hydrogens is 196 g/mol. The van der Waals surface area contributed by atoms with E-state index in [2.05, 4.69) is 25.8 Å². The quantitative estimate of drug-likeness (QED) is 0.818. The zero-order chi connectivity index (χ0) is 10.9. The molecule has 3 nitrogen and oxygen atoms in total. The number of nitrogens with zero attached hydrogens (tertiary/aromatic N) is 2. The number of aliphatic hydroxyl groups is 1. The zero-order valence-electron chi connectivity index (χ0n) is 9.46. The highest BCUT2D eigenvalue weighted by Crippen LogP contribution is 2.32. The van der Waals surface area contributed by atoms with Crippen LogP contribution in [-0.4, -0.2) is 24.2 Å². The monoisotopic (exact) mass is 214 g/mol. The minimum Gasteiger partial charge on any atom is -0.391 e. The molecule has 1 rings (SSSR count). The van der Waals surface area contributed by atoms with E-state index in [4.69, 9.17) is 0 Å². The first kappa shape index (κ1) is 11.5. The molecule has 0 unspecified atom stereocenters. The molecule has 0 aliphatic rings. The Morgan fingerprint density at radius 1 is 1.36 bits per heavy atom. The average molecular weight is 214 g/mol. The van der Waals surface area contributed by atoms with Crippen molar-refractivity contribution in [2.75, 3.05) is 19.0 Å². The van der Waals surface area contributed by atoms with Gasteiger partial charge >= 0.3 is 0 Å². The second-order valence-electron chi connectivity index (χ2n) is 4.57. The second kappa shape index (κ2) is 3.87. The third kappa shape index (κ3) is 2.25.